The monoisotopic (exact) mass is 632 g/mol. The van der Waals surface area contributed by atoms with Gasteiger partial charge in [-0.05, 0) is 62.1 Å². The van der Waals surface area contributed by atoms with Crippen molar-refractivity contribution in [2.45, 2.75) is 77.4 Å². The molecule has 0 radical (unpaired) electrons. The predicted molar refractivity (Wildman–Crippen MR) is 157 cm³/mol. The number of fused-ring (bicyclic) bond motifs is 1. The van der Waals surface area contributed by atoms with Crippen LogP contribution in [0.1, 0.15) is 86.9 Å². The summed E-state index contributed by atoms with van der Waals surface area (Å²) in [6.45, 7) is 2.87. The lowest BCUT2D eigenvalue weighted by Crippen LogP contribution is -2.54. The highest BCUT2D eigenvalue weighted by molar-refractivity contribution is 6.31. The van der Waals surface area contributed by atoms with Gasteiger partial charge in [0.2, 0.25) is 17.7 Å². The fraction of sp³-hybridized carbons (Fsp3) is 0.645. The van der Waals surface area contributed by atoms with Crippen molar-refractivity contribution >= 4 is 29.3 Å². The van der Waals surface area contributed by atoms with Gasteiger partial charge in [-0.3, -0.25) is 14.4 Å². The van der Waals surface area contributed by atoms with E-state index in [0.717, 1.165) is 35.9 Å². The Morgan fingerprint density at radius 3 is 2.68 bits per heavy atom. The number of aromatic nitrogens is 3. The number of carbonyl (C=O) groups is 3. The summed E-state index contributed by atoms with van der Waals surface area (Å²) in [4.78, 5) is 44.6. The molecule has 10 nitrogen and oxygen atoms in total. The van der Waals surface area contributed by atoms with Gasteiger partial charge >= 0.3 is 0 Å². The number of rotatable bonds is 8. The maximum absolute atomic E-state index is 14.6. The maximum atomic E-state index is 14.6. The Labute approximate surface area is 260 Å². The number of benzene rings is 1. The largest absolute Gasteiger partial charge is 0.487 e. The summed E-state index contributed by atoms with van der Waals surface area (Å²) >= 11 is 6.73. The SMILES string of the molecule is CNC(=O)[C@@]1(C)CCCC[C@H]1C(=O)N1CCc2c(Cl)ccc(OCc3nnn(C)c3C(F)F)c2C1CN1CC2(CC2)CC1=O. The summed E-state index contributed by atoms with van der Waals surface area (Å²) in [7, 11) is 3.00. The molecular weight excluding hydrogens is 594 g/mol. The fourth-order valence-electron chi connectivity index (χ4n) is 7.64. The molecule has 44 heavy (non-hydrogen) atoms. The molecule has 3 amide bonds. The molecule has 1 spiro atoms. The smallest absolute Gasteiger partial charge is 0.282 e. The van der Waals surface area contributed by atoms with Crippen molar-refractivity contribution in [1.29, 1.82) is 0 Å². The molecule has 2 aromatic rings. The minimum Gasteiger partial charge on any atom is -0.487 e. The van der Waals surface area contributed by atoms with Crippen LogP contribution in [-0.2, 0) is 34.5 Å². The van der Waals surface area contributed by atoms with E-state index in [9.17, 15) is 23.2 Å². The molecule has 2 aliphatic carbocycles. The van der Waals surface area contributed by atoms with Crippen LogP contribution in [0.15, 0.2) is 12.1 Å². The molecule has 2 saturated carbocycles. The van der Waals surface area contributed by atoms with Crippen LogP contribution >= 0.6 is 11.6 Å². The Morgan fingerprint density at radius 1 is 1.23 bits per heavy atom. The van der Waals surface area contributed by atoms with E-state index in [1.807, 2.05) is 11.8 Å². The average Bonchev–Trinajstić information content (AvgIpc) is 3.53. The first-order chi connectivity index (χ1) is 21.0. The Morgan fingerprint density at radius 2 is 2.00 bits per heavy atom. The lowest BCUT2D eigenvalue weighted by Gasteiger charge is -2.46. The second kappa shape index (κ2) is 11.6. The van der Waals surface area contributed by atoms with E-state index in [0.29, 0.717) is 55.1 Å². The summed E-state index contributed by atoms with van der Waals surface area (Å²) in [6, 6.07) is 2.80. The summed E-state index contributed by atoms with van der Waals surface area (Å²) < 4.78 is 34.7. The number of likely N-dealkylation sites (tertiary alicyclic amines) is 1. The van der Waals surface area contributed by atoms with E-state index < -0.39 is 23.8 Å². The molecule has 3 heterocycles. The van der Waals surface area contributed by atoms with Gasteiger partial charge < -0.3 is 19.9 Å². The zero-order valence-corrected chi connectivity index (χ0v) is 26.1. The van der Waals surface area contributed by atoms with Gasteiger partial charge in [0, 0.05) is 50.7 Å². The number of halogens is 3. The molecule has 1 saturated heterocycles. The minimum absolute atomic E-state index is 0.0143. The quantitative estimate of drug-likeness (QED) is 0.463. The van der Waals surface area contributed by atoms with Crippen LogP contribution in [0, 0.1) is 16.7 Å². The number of amides is 3. The third-order valence-electron chi connectivity index (χ3n) is 10.4. The van der Waals surface area contributed by atoms with E-state index in [4.69, 9.17) is 16.3 Å². The van der Waals surface area contributed by atoms with E-state index >= 15 is 0 Å². The molecule has 2 aliphatic heterocycles. The van der Waals surface area contributed by atoms with E-state index in [-0.39, 0.29) is 47.7 Å². The first kappa shape index (κ1) is 30.7. The summed E-state index contributed by atoms with van der Waals surface area (Å²) in [5, 5.41) is 10.9. The number of alkyl halides is 2. The van der Waals surface area contributed by atoms with Crippen LogP contribution in [0.3, 0.4) is 0 Å². The van der Waals surface area contributed by atoms with Gasteiger partial charge in [-0.15, -0.1) is 5.10 Å². The van der Waals surface area contributed by atoms with Crippen molar-refractivity contribution in [3.05, 3.63) is 39.7 Å². The van der Waals surface area contributed by atoms with Crippen LogP contribution in [0.4, 0.5) is 8.78 Å². The number of nitrogens with zero attached hydrogens (tertiary/aromatic N) is 5. The average molecular weight is 633 g/mol. The van der Waals surface area contributed by atoms with Crippen LogP contribution in [0.2, 0.25) is 5.02 Å². The van der Waals surface area contributed by atoms with Gasteiger partial charge in [0.05, 0.1) is 17.4 Å². The van der Waals surface area contributed by atoms with Crippen LogP contribution in [0.25, 0.3) is 0 Å². The van der Waals surface area contributed by atoms with Crippen LogP contribution < -0.4 is 10.1 Å². The second-order valence-electron chi connectivity index (χ2n) is 13.1. The van der Waals surface area contributed by atoms with Crippen molar-refractivity contribution < 1.29 is 27.9 Å². The molecular formula is C31H39ClF2N6O4. The van der Waals surface area contributed by atoms with Crippen LogP contribution in [0.5, 0.6) is 5.75 Å². The zero-order valence-electron chi connectivity index (χ0n) is 25.4. The fourth-order valence-corrected chi connectivity index (χ4v) is 7.90. The molecule has 1 N–H and O–H groups in total. The minimum atomic E-state index is -2.78. The number of nitrogens with one attached hydrogen (secondary N) is 1. The molecule has 6 rings (SSSR count). The maximum Gasteiger partial charge on any atom is 0.282 e. The van der Waals surface area contributed by atoms with Crippen molar-refractivity contribution in [3.63, 3.8) is 0 Å². The highest BCUT2D eigenvalue weighted by Crippen LogP contribution is 2.54. The molecule has 0 bridgehead atoms. The number of carbonyl (C=O) groups excluding carboxylic acids is 3. The van der Waals surface area contributed by atoms with Gasteiger partial charge in [-0.1, -0.05) is 29.7 Å². The lowest BCUT2D eigenvalue weighted by molar-refractivity contribution is -0.153. The molecule has 4 aliphatic rings. The number of hydrogen-bond donors (Lipinski definition) is 1. The van der Waals surface area contributed by atoms with Gasteiger partial charge in [0.1, 0.15) is 23.7 Å². The topological polar surface area (TPSA) is 110 Å². The molecule has 1 unspecified atom stereocenters. The standard InChI is InChI=1S/C31H39ClF2N6O4/c1-30(29(43)35-2)10-5-4-6-19(30)28(42)40-13-9-18-20(32)7-8-23(44-16-21-26(27(33)34)38(3)37-36-21)25(18)22(40)15-39-17-31(11-12-31)14-24(39)41/h7-8,19,22,27H,4-6,9-17H2,1-3H3,(H,35,43)/t19-,22?,30-/m0/s1. The number of aryl methyl sites for hydroxylation is 1. The normalized spacial score (nSPS) is 25.8. The predicted octanol–water partition coefficient (Wildman–Crippen LogP) is 4.37. The second-order valence-corrected chi connectivity index (χ2v) is 13.5. The van der Waals surface area contributed by atoms with Crippen molar-refractivity contribution in [1.82, 2.24) is 30.1 Å². The zero-order chi connectivity index (χ0) is 31.4. The van der Waals surface area contributed by atoms with Crippen LogP contribution in [-0.4, -0.2) is 69.2 Å². The molecule has 1 aromatic carbocycles. The first-order valence-electron chi connectivity index (χ1n) is 15.4. The van der Waals surface area contributed by atoms with Gasteiger partial charge in [0.15, 0.2) is 0 Å². The lowest BCUT2D eigenvalue weighted by atomic mass is 9.66. The first-order valence-corrected chi connectivity index (χ1v) is 15.8. The highest BCUT2D eigenvalue weighted by atomic mass is 35.5. The highest BCUT2D eigenvalue weighted by Gasteiger charge is 2.53. The Kier molecular flexibility index (Phi) is 8.09. The van der Waals surface area contributed by atoms with Crippen molar-refractivity contribution in [2.24, 2.45) is 23.8 Å². The number of ether oxygens (including phenoxy) is 1. The van der Waals surface area contributed by atoms with E-state index in [1.54, 1.807) is 24.1 Å². The van der Waals surface area contributed by atoms with Gasteiger partial charge in [0.25, 0.3) is 6.43 Å². The molecule has 238 valence electrons. The molecule has 1 aromatic heterocycles. The third kappa shape index (κ3) is 5.32. The van der Waals surface area contributed by atoms with Crippen molar-refractivity contribution in [3.8, 4) is 5.75 Å². The Bertz CT molecular complexity index is 1480. The van der Waals surface area contributed by atoms with Gasteiger partial charge in [-0.25, -0.2) is 13.5 Å². The number of hydrogen-bond acceptors (Lipinski definition) is 6. The third-order valence-corrected chi connectivity index (χ3v) is 10.7. The Hall–Kier alpha value is -3.28. The summed E-state index contributed by atoms with van der Waals surface area (Å²) in [5.41, 5.74) is 0.320. The Balaban J connectivity index is 1.38. The summed E-state index contributed by atoms with van der Waals surface area (Å²) in [6.07, 6.45) is 3.09. The molecule has 3 fully saturated rings. The van der Waals surface area contributed by atoms with E-state index in [2.05, 4.69) is 15.6 Å². The van der Waals surface area contributed by atoms with Crippen molar-refractivity contribution in [2.75, 3.05) is 26.7 Å². The van der Waals surface area contributed by atoms with E-state index in [1.165, 1.54) is 7.05 Å². The molecule has 13 heteroatoms. The molecule has 3 atom stereocenters. The summed E-state index contributed by atoms with van der Waals surface area (Å²) in [5.74, 6) is -0.357. The van der Waals surface area contributed by atoms with Gasteiger partial charge in [-0.2, -0.15) is 0 Å².